The van der Waals surface area contributed by atoms with Crippen LogP contribution in [0.4, 0.5) is 5.69 Å². The number of fused-ring (bicyclic) bond motifs is 2. The highest BCUT2D eigenvalue weighted by atomic mass is 16.5. The van der Waals surface area contributed by atoms with Crippen LogP contribution in [-0.4, -0.2) is 52.6 Å². The first-order valence-corrected chi connectivity index (χ1v) is 11.5. The van der Waals surface area contributed by atoms with Crippen molar-refractivity contribution < 1.29 is 9.53 Å². The van der Waals surface area contributed by atoms with E-state index in [9.17, 15) is 14.9 Å². The fourth-order valence-corrected chi connectivity index (χ4v) is 4.57. The standard InChI is InChI=1S/C25H26N6O3/c26-13-17-1-3-20-22(12-17)31(25(33)15-28-20)10-9-30-7-5-19(6-8-30)27-14-18-2-4-23-21(11-18)29-24(32)16-34-23/h1-4,11-12,15,19,27H,5-10,14,16H2,(H,29,32). The lowest BCUT2D eigenvalue weighted by molar-refractivity contribution is -0.118. The van der Waals surface area contributed by atoms with E-state index in [1.165, 1.54) is 6.20 Å². The first-order chi connectivity index (χ1) is 16.6. The van der Waals surface area contributed by atoms with Gasteiger partial charge in [-0.1, -0.05) is 6.07 Å². The molecule has 3 heterocycles. The summed E-state index contributed by atoms with van der Waals surface area (Å²) in [6.45, 7) is 4.03. The zero-order valence-corrected chi connectivity index (χ0v) is 18.8. The second kappa shape index (κ2) is 9.63. The minimum atomic E-state index is -0.147. The smallest absolute Gasteiger partial charge is 0.269 e. The molecule has 2 aliphatic rings. The summed E-state index contributed by atoms with van der Waals surface area (Å²) in [7, 11) is 0. The van der Waals surface area contributed by atoms with Crippen molar-refractivity contribution in [2.45, 2.75) is 32.0 Å². The van der Waals surface area contributed by atoms with Crippen molar-refractivity contribution in [2.24, 2.45) is 0 Å². The van der Waals surface area contributed by atoms with Crippen LogP contribution >= 0.6 is 0 Å². The van der Waals surface area contributed by atoms with Crippen molar-refractivity contribution in [2.75, 3.05) is 31.6 Å². The highest BCUT2D eigenvalue weighted by Crippen LogP contribution is 2.28. The molecule has 0 radical (unpaired) electrons. The minimum absolute atomic E-state index is 0.0656. The molecule has 0 atom stereocenters. The summed E-state index contributed by atoms with van der Waals surface area (Å²) in [5.41, 5.74) is 3.63. The van der Waals surface area contributed by atoms with Crippen LogP contribution in [0.1, 0.15) is 24.0 Å². The zero-order valence-electron chi connectivity index (χ0n) is 18.8. The van der Waals surface area contributed by atoms with E-state index in [2.05, 4.69) is 26.6 Å². The topological polar surface area (TPSA) is 112 Å². The molecular weight excluding hydrogens is 432 g/mol. The molecule has 34 heavy (non-hydrogen) atoms. The number of rotatable bonds is 6. The van der Waals surface area contributed by atoms with Crippen LogP contribution in [0.15, 0.2) is 47.4 Å². The monoisotopic (exact) mass is 458 g/mol. The quantitative estimate of drug-likeness (QED) is 0.580. The van der Waals surface area contributed by atoms with Crippen LogP contribution in [0.5, 0.6) is 5.75 Å². The maximum Gasteiger partial charge on any atom is 0.269 e. The first kappa shape index (κ1) is 22.1. The maximum absolute atomic E-state index is 12.4. The molecule has 2 aromatic carbocycles. The SMILES string of the molecule is N#Cc1ccc2ncc(=O)n(CCN3CCC(NCc4ccc5c(c4)NC(=O)CO5)CC3)c2c1. The van der Waals surface area contributed by atoms with Crippen molar-refractivity contribution >= 4 is 22.6 Å². The molecule has 0 saturated carbocycles. The van der Waals surface area contributed by atoms with Gasteiger partial charge in [0.05, 0.1) is 34.6 Å². The van der Waals surface area contributed by atoms with Crippen molar-refractivity contribution in [3.63, 3.8) is 0 Å². The molecule has 2 aliphatic heterocycles. The Balaban J connectivity index is 1.14. The number of nitrogens with zero attached hydrogens (tertiary/aromatic N) is 4. The fourth-order valence-electron chi connectivity index (χ4n) is 4.57. The number of aromatic nitrogens is 2. The Morgan fingerprint density at radius 1 is 1.15 bits per heavy atom. The highest BCUT2D eigenvalue weighted by molar-refractivity contribution is 5.95. The van der Waals surface area contributed by atoms with Gasteiger partial charge in [0.25, 0.3) is 11.5 Å². The summed E-state index contributed by atoms with van der Waals surface area (Å²) in [4.78, 5) is 30.6. The minimum Gasteiger partial charge on any atom is -0.482 e. The number of amides is 1. The number of anilines is 1. The number of benzene rings is 2. The maximum atomic E-state index is 12.4. The van der Waals surface area contributed by atoms with Gasteiger partial charge in [-0.25, -0.2) is 4.98 Å². The zero-order chi connectivity index (χ0) is 23.5. The average molecular weight is 459 g/mol. The second-order valence-corrected chi connectivity index (χ2v) is 8.73. The second-order valence-electron chi connectivity index (χ2n) is 8.73. The van der Waals surface area contributed by atoms with Gasteiger partial charge in [0.15, 0.2) is 6.61 Å². The molecule has 1 amide bonds. The van der Waals surface area contributed by atoms with Crippen LogP contribution in [-0.2, 0) is 17.9 Å². The van der Waals surface area contributed by atoms with Crippen molar-refractivity contribution in [3.05, 3.63) is 64.1 Å². The summed E-state index contributed by atoms with van der Waals surface area (Å²) in [5.74, 6) is 0.582. The molecule has 2 N–H and O–H groups in total. The molecule has 3 aromatic rings. The molecule has 0 aliphatic carbocycles. The van der Waals surface area contributed by atoms with Gasteiger partial charge in [0, 0.05) is 25.7 Å². The third-order valence-electron chi connectivity index (χ3n) is 6.47. The summed E-state index contributed by atoms with van der Waals surface area (Å²) in [6, 6.07) is 13.7. The normalized spacial score (nSPS) is 16.5. The number of piperidine rings is 1. The Morgan fingerprint density at radius 3 is 2.82 bits per heavy atom. The number of nitriles is 1. The van der Waals surface area contributed by atoms with E-state index in [1.807, 2.05) is 18.2 Å². The van der Waals surface area contributed by atoms with E-state index in [0.717, 1.165) is 55.8 Å². The Labute approximate surface area is 197 Å². The Kier molecular flexibility index (Phi) is 6.25. The van der Waals surface area contributed by atoms with Crippen molar-refractivity contribution in [1.82, 2.24) is 19.8 Å². The largest absolute Gasteiger partial charge is 0.482 e. The van der Waals surface area contributed by atoms with Gasteiger partial charge in [-0.05, 0) is 61.8 Å². The summed E-state index contributed by atoms with van der Waals surface area (Å²) >= 11 is 0. The van der Waals surface area contributed by atoms with Crippen molar-refractivity contribution in [1.29, 1.82) is 5.26 Å². The Bertz CT molecular complexity index is 1320. The predicted molar refractivity (Wildman–Crippen MR) is 128 cm³/mol. The van der Waals surface area contributed by atoms with Gasteiger partial charge in [-0.15, -0.1) is 0 Å². The lowest BCUT2D eigenvalue weighted by Gasteiger charge is -2.32. The van der Waals surface area contributed by atoms with E-state index < -0.39 is 0 Å². The van der Waals surface area contributed by atoms with Gasteiger partial charge in [-0.2, -0.15) is 5.26 Å². The van der Waals surface area contributed by atoms with E-state index >= 15 is 0 Å². The molecule has 5 rings (SSSR count). The Hall–Kier alpha value is -3.74. The summed E-state index contributed by atoms with van der Waals surface area (Å²) in [5, 5.41) is 15.7. The molecule has 0 unspecified atom stereocenters. The molecule has 9 heteroatoms. The van der Waals surface area contributed by atoms with E-state index in [1.54, 1.807) is 22.8 Å². The number of nitrogens with one attached hydrogen (secondary N) is 2. The highest BCUT2D eigenvalue weighted by Gasteiger charge is 2.20. The number of hydrogen-bond donors (Lipinski definition) is 2. The first-order valence-electron chi connectivity index (χ1n) is 11.5. The van der Waals surface area contributed by atoms with Crippen LogP contribution in [0, 0.1) is 11.3 Å². The van der Waals surface area contributed by atoms with E-state index in [4.69, 9.17) is 4.74 Å². The lowest BCUT2D eigenvalue weighted by atomic mass is 10.0. The number of carbonyl (C=O) groups is 1. The van der Waals surface area contributed by atoms with E-state index in [-0.39, 0.29) is 18.1 Å². The third-order valence-corrected chi connectivity index (χ3v) is 6.47. The molecule has 174 valence electrons. The molecule has 0 bridgehead atoms. The summed E-state index contributed by atoms with van der Waals surface area (Å²) in [6.07, 6.45) is 3.40. The van der Waals surface area contributed by atoms with Gasteiger partial charge < -0.3 is 24.8 Å². The van der Waals surface area contributed by atoms with Crippen LogP contribution in [0.3, 0.4) is 0 Å². The number of likely N-dealkylation sites (tertiary alicyclic amines) is 1. The molecule has 1 aromatic heterocycles. The predicted octanol–water partition coefficient (Wildman–Crippen LogP) is 1.85. The Morgan fingerprint density at radius 2 is 2.00 bits per heavy atom. The van der Waals surface area contributed by atoms with Gasteiger partial charge >= 0.3 is 0 Å². The van der Waals surface area contributed by atoms with Gasteiger partial charge in [-0.3, -0.25) is 9.59 Å². The van der Waals surface area contributed by atoms with Crippen molar-refractivity contribution in [3.8, 4) is 11.8 Å². The van der Waals surface area contributed by atoms with E-state index in [0.29, 0.717) is 29.4 Å². The molecule has 0 spiro atoms. The molecular formula is C25H26N6O3. The number of hydrogen-bond acceptors (Lipinski definition) is 7. The van der Waals surface area contributed by atoms with Gasteiger partial charge in [0.1, 0.15) is 5.75 Å². The molecule has 1 saturated heterocycles. The van der Waals surface area contributed by atoms with Crippen LogP contribution in [0.25, 0.3) is 11.0 Å². The van der Waals surface area contributed by atoms with Crippen LogP contribution < -0.4 is 20.9 Å². The lowest BCUT2D eigenvalue weighted by Crippen LogP contribution is -2.43. The molecule has 9 nitrogen and oxygen atoms in total. The summed E-state index contributed by atoms with van der Waals surface area (Å²) < 4.78 is 7.13. The average Bonchev–Trinajstić information content (AvgIpc) is 2.87. The number of ether oxygens (including phenoxy) is 1. The van der Waals surface area contributed by atoms with Gasteiger partial charge in [0.2, 0.25) is 0 Å². The van der Waals surface area contributed by atoms with Crippen LogP contribution in [0.2, 0.25) is 0 Å². The number of carbonyl (C=O) groups excluding carboxylic acids is 1. The third kappa shape index (κ3) is 4.78. The fraction of sp³-hybridized carbons (Fsp3) is 0.360. The molecule has 1 fully saturated rings.